The van der Waals surface area contributed by atoms with Crippen LogP contribution in [-0.2, 0) is 19.1 Å². The van der Waals surface area contributed by atoms with Gasteiger partial charge in [-0.3, -0.25) is 23.9 Å². The van der Waals surface area contributed by atoms with Crippen molar-refractivity contribution in [3.8, 4) is 5.75 Å². The molecular formula is C27H24N4O6S. The largest absolute Gasteiger partial charge is 0.497 e. The molecule has 11 heteroatoms. The van der Waals surface area contributed by atoms with Crippen LogP contribution in [0.25, 0.3) is 5.57 Å². The summed E-state index contributed by atoms with van der Waals surface area (Å²) < 4.78 is 12.2. The predicted molar refractivity (Wildman–Crippen MR) is 140 cm³/mol. The third kappa shape index (κ3) is 4.01. The molecule has 1 atom stereocenters. The zero-order chi connectivity index (χ0) is 27.1. The van der Waals surface area contributed by atoms with Gasteiger partial charge in [0.2, 0.25) is 5.91 Å². The fourth-order valence-corrected chi connectivity index (χ4v) is 5.89. The maximum Gasteiger partial charge on any atom is 0.338 e. The molecule has 3 aromatic rings. The highest BCUT2D eigenvalue weighted by Gasteiger charge is 2.37. The monoisotopic (exact) mass is 532 g/mol. The van der Waals surface area contributed by atoms with Gasteiger partial charge in [0.05, 0.1) is 42.3 Å². The summed E-state index contributed by atoms with van der Waals surface area (Å²) in [5.74, 6) is -1.14. The van der Waals surface area contributed by atoms with Gasteiger partial charge in [0.25, 0.3) is 11.5 Å². The highest BCUT2D eigenvalue weighted by Crippen LogP contribution is 2.35. The molecule has 2 N–H and O–H groups in total. The molecule has 10 nitrogen and oxygen atoms in total. The lowest BCUT2D eigenvalue weighted by molar-refractivity contribution is -0.139. The Labute approximate surface area is 220 Å². The number of aromatic nitrogens is 1. The molecule has 5 rings (SSSR count). The zero-order valence-electron chi connectivity index (χ0n) is 20.9. The van der Waals surface area contributed by atoms with Crippen LogP contribution in [0.1, 0.15) is 31.0 Å². The van der Waals surface area contributed by atoms with E-state index in [0.717, 1.165) is 11.3 Å². The van der Waals surface area contributed by atoms with Crippen LogP contribution in [0.4, 0.5) is 5.69 Å². The van der Waals surface area contributed by atoms with Gasteiger partial charge in [-0.05, 0) is 37.6 Å². The van der Waals surface area contributed by atoms with E-state index in [0.29, 0.717) is 33.1 Å². The van der Waals surface area contributed by atoms with Crippen LogP contribution in [-0.4, -0.2) is 42.6 Å². The summed E-state index contributed by atoms with van der Waals surface area (Å²) in [6.45, 7) is 3.22. The smallest absolute Gasteiger partial charge is 0.338 e. The van der Waals surface area contributed by atoms with Crippen LogP contribution < -0.4 is 30.3 Å². The van der Waals surface area contributed by atoms with Gasteiger partial charge in [-0.15, -0.1) is 0 Å². The molecule has 38 heavy (non-hydrogen) atoms. The third-order valence-electron chi connectivity index (χ3n) is 6.39. The summed E-state index contributed by atoms with van der Waals surface area (Å²) in [6, 6.07) is 13.1. The van der Waals surface area contributed by atoms with Gasteiger partial charge in [-0.2, -0.15) is 0 Å². The average Bonchev–Trinajstić information content (AvgIpc) is 3.35. The minimum absolute atomic E-state index is 0.153. The number of ether oxygens (including phenoxy) is 2. The van der Waals surface area contributed by atoms with Crippen molar-refractivity contribution in [2.45, 2.75) is 19.9 Å². The SMILES string of the molecule is CCOC(=O)C1=C(C)N=c2s/c(=C3\C(=O)N(CC(N)=O)c4ccccc43)c(=O)n2[C@H]1c1ccc(OC)cc1. The Balaban J connectivity index is 1.79. The number of hydrogen-bond acceptors (Lipinski definition) is 8. The molecule has 0 unspecified atom stereocenters. The number of allylic oxidation sites excluding steroid dienone is 1. The quantitative estimate of drug-likeness (QED) is 0.471. The lowest BCUT2D eigenvalue weighted by Crippen LogP contribution is -2.41. The van der Waals surface area contributed by atoms with E-state index in [2.05, 4.69) is 4.99 Å². The molecular weight excluding hydrogens is 508 g/mol. The van der Waals surface area contributed by atoms with Crippen molar-refractivity contribution in [3.05, 3.63) is 90.6 Å². The number of para-hydroxylation sites is 1. The van der Waals surface area contributed by atoms with E-state index < -0.39 is 29.4 Å². The van der Waals surface area contributed by atoms with Gasteiger partial charge in [0.15, 0.2) is 4.80 Å². The highest BCUT2D eigenvalue weighted by atomic mass is 32.1. The Morgan fingerprint density at radius 2 is 1.82 bits per heavy atom. The zero-order valence-corrected chi connectivity index (χ0v) is 21.7. The lowest BCUT2D eigenvalue weighted by atomic mass is 9.96. The molecule has 194 valence electrons. The summed E-state index contributed by atoms with van der Waals surface area (Å²) in [5, 5.41) is 0. The first-order chi connectivity index (χ1) is 18.3. The van der Waals surface area contributed by atoms with Gasteiger partial charge in [-0.25, -0.2) is 9.79 Å². The van der Waals surface area contributed by atoms with E-state index >= 15 is 0 Å². The summed E-state index contributed by atoms with van der Waals surface area (Å²) in [4.78, 5) is 58.5. The van der Waals surface area contributed by atoms with Gasteiger partial charge in [0.1, 0.15) is 16.8 Å². The number of benzene rings is 2. The van der Waals surface area contributed by atoms with E-state index in [1.165, 1.54) is 9.47 Å². The van der Waals surface area contributed by atoms with Crippen LogP contribution in [0.3, 0.4) is 0 Å². The molecule has 2 aliphatic rings. The van der Waals surface area contributed by atoms with Crippen molar-refractivity contribution in [3.63, 3.8) is 0 Å². The Morgan fingerprint density at radius 3 is 2.47 bits per heavy atom. The molecule has 2 aromatic carbocycles. The molecule has 0 radical (unpaired) electrons. The first-order valence-electron chi connectivity index (χ1n) is 11.8. The fourth-order valence-electron chi connectivity index (χ4n) is 4.76. The van der Waals surface area contributed by atoms with E-state index in [1.807, 2.05) is 0 Å². The number of thiazole rings is 1. The van der Waals surface area contributed by atoms with E-state index in [4.69, 9.17) is 15.2 Å². The second-order valence-electron chi connectivity index (χ2n) is 8.65. The number of amides is 2. The average molecular weight is 533 g/mol. The van der Waals surface area contributed by atoms with Crippen molar-refractivity contribution in [1.82, 2.24) is 4.57 Å². The highest BCUT2D eigenvalue weighted by molar-refractivity contribution is 7.07. The summed E-state index contributed by atoms with van der Waals surface area (Å²) in [7, 11) is 1.55. The molecule has 2 aliphatic heterocycles. The molecule has 0 bridgehead atoms. The summed E-state index contributed by atoms with van der Waals surface area (Å²) in [6.07, 6.45) is 0. The normalized spacial score (nSPS) is 17.6. The van der Waals surface area contributed by atoms with Gasteiger partial charge in [0, 0.05) is 5.56 Å². The van der Waals surface area contributed by atoms with Crippen LogP contribution in [0.2, 0.25) is 0 Å². The second kappa shape index (κ2) is 9.75. The standard InChI is InChI=1S/C27H24N4O6S/c1-4-37-26(35)20-14(2)29-27-31(22(20)15-9-11-16(36-3)12-10-15)25(34)23(38-27)21-17-7-5-6-8-18(17)30(24(21)33)13-19(28)32/h5-12,22H,4,13H2,1-3H3,(H2,28,32)/b23-21-/t22-/m0/s1. The fraction of sp³-hybridized carbons (Fsp3) is 0.222. The van der Waals surface area contributed by atoms with Crippen molar-refractivity contribution in [2.24, 2.45) is 10.7 Å². The predicted octanol–water partition coefficient (Wildman–Crippen LogP) is 1.01. The number of carbonyl (C=O) groups is 3. The molecule has 1 aromatic heterocycles. The van der Waals surface area contributed by atoms with E-state index in [-0.39, 0.29) is 28.8 Å². The number of esters is 1. The topological polar surface area (TPSA) is 133 Å². The Bertz CT molecular complexity index is 1700. The van der Waals surface area contributed by atoms with Crippen molar-refractivity contribution in [2.75, 3.05) is 25.2 Å². The van der Waals surface area contributed by atoms with Gasteiger partial charge in [-0.1, -0.05) is 41.7 Å². The molecule has 0 spiro atoms. The van der Waals surface area contributed by atoms with Gasteiger partial charge >= 0.3 is 5.97 Å². The van der Waals surface area contributed by atoms with E-state index in [1.54, 1.807) is 69.5 Å². The molecule has 0 aliphatic carbocycles. The number of nitrogens with zero attached hydrogens (tertiary/aromatic N) is 3. The number of primary amides is 1. The number of methoxy groups -OCH3 is 1. The number of rotatable bonds is 6. The summed E-state index contributed by atoms with van der Waals surface area (Å²) in [5.41, 5.74) is 7.38. The first kappa shape index (κ1) is 25.2. The Hall–Kier alpha value is -4.51. The van der Waals surface area contributed by atoms with Crippen LogP contribution >= 0.6 is 11.3 Å². The van der Waals surface area contributed by atoms with E-state index in [9.17, 15) is 19.2 Å². The molecule has 0 fully saturated rings. The Morgan fingerprint density at radius 1 is 1.11 bits per heavy atom. The number of anilines is 1. The van der Waals surface area contributed by atoms with Crippen LogP contribution in [0.5, 0.6) is 5.75 Å². The van der Waals surface area contributed by atoms with Gasteiger partial charge < -0.3 is 15.2 Å². The van der Waals surface area contributed by atoms with Crippen LogP contribution in [0.15, 0.2) is 69.6 Å². The van der Waals surface area contributed by atoms with Crippen molar-refractivity contribution < 1.29 is 23.9 Å². The van der Waals surface area contributed by atoms with Crippen molar-refractivity contribution >= 4 is 40.4 Å². The van der Waals surface area contributed by atoms with Crippen LogP contribution in [0, 0.1) is 0 Å². The number of hydrogen-bond donors (Lipinski definition) is 1. The Kier molecular flexibility index (Phi) is 6.45. The molecule has 0 saturated heterocycles. The number of fused-ring (bicyclic) bond motifs is 2. The third-order valence-corrected chi connectivity index (χ3v) is 7.44. The minimum Gasteiger partial charge on any atom is -0.497 e. The maximum absolute atomic E-state index is 14.1. The molecule has 0 saturated carbocycles. The summed E-state index contributed by atoms with van der Waals surface area (Å²) >= 11 is 1.06. The number of carbonyl (C=O) groups excluding carboxylic acids is 3. The maximum atomic E-state index is 14.1. The minimum atomic E-state index is -0.834. The second-order valence-corrected chi connectivity index (χ2v) is 9.62. The molecule has 2 amide bonds. The lowest BCUT2D eigenvalue weighted by Gasteiger charge is -2.24. The molecule has 3 heterocycles. The first-order valence-corrected chi connectivity index (χ1v) is 12.6. The number of nitrogens with two attached hydrogens (primary N) is 1. The van der Waals surface area contributed by atoms with Crippen molar-refractivity contribution in [1.29, 1.82) is 0 Å².